The van der Waals surface area contributed by atoms with Gasteiger partial charge in [-0.3, -0.25) is 10.1 Å². The van der Waals surface area contributed by atoms with Crippen LogP contribution < -0.4 is 5.32 Å². The Morgan fingerprint density at radius 2 is 1.78 bits per heavy atom. The van der Waals surface area contributed by atoms with Crippen molar-refractivity contribution in [2.45, 2.75) is 38.6 Å². The predicted molar refractivity (Wildman–Crippen MR) is 83.9 cm³/mol. The molecule has 0 spiro atoms. The number of rotatable bonds is 5. The van der Waals surface area contributed by atoms with Gasteiger partial charge >= 0.3 is 6.18 Å². The van der Waals surface area contributed by atoms with E-state index in [4.69, 9.17) is 12.2 Å². The van der Waals surface area contributed by atoms with Crippen molar-refractivity contribution < 1.29 is 23.2 Å². The second-order valence-electron chi connectivity index (χ2n) is 5.55. The summed E-state index contributed by atoms with van der Waals surface area (Å²) in [6.07, 6.45) is -5.05. The van der Waals surface area contributed by atoms with Gasteiger partial charge in [-0.25, -0.2) is 0 Å². The van der Waals surface area contributed by atoms with E-state index in [2.05, 4.69) is 5.32 Å². The van der Waals surface area contributed by atoms with Gasteiger partial charge in [0.2, 0.25) is 6.04 Å². The summed E-state index contributed by atoms with van der Waals surface area (Å²) < 4.78 is 40.7. The summed E-state index contributed by atoms with van der Waals surface area (Å²) >= 11 is 4.91. The summed E-state index contributed by atoms with van der Waals surface area (Å²) in [5, 5.41) is 24.0. The Kier molecular flexibility index (Phi) is 5.37. The van der Waals surface area contributed by atoms with E-state index in [0.29, 0.717) is 12.6 Å². The zero-order valence-corrected chi connectivity index (χ0v) is 13.5. The maximum atomic E-state index is 13.6. The summed E-state index contributed by atoms with van der Waals surface area (Å²) in [6.45, 7) is 2.23. The lowest BCUT2D eigenvalue weighted by Gasteiger charge is -2.43. The number of anilines is 1. The highest BCUT2D eigenvalue weighted by Gasteiger charge is 2.70. The topological polar surface area (TPSA) is 75.4 Å². The molecule has 0 amide bonds. The number of hydrogen-bond acceptors (Lipinski definition) is 4. The van der Waals surface area contributed by atoms with Gasteiger partial charge in [-0.05, 0) is 26.0 Å². The van der Waals surface area contributed by atoms with Crippen molar-refractivity contribution >= 4 is 22.9 Å². The minimum atomic E-state index is -5.05. The molecule has 1 aromatic carbocycles. The molecule has 128 valence electrons. The van der Waals surface area contributed by atoms with Crippen LogP contribution in [0.15, 0.2) is 30.3 Å². The van der Waals surface area contributed by atoms with Gasteiger partial charge in [0.05, 0.1) is 0 Å². The maximum Gasteiger partial charge on any atom is 0.404 e. The number of nitrogens with zero attached hydrogens (tertiary/aromatic N) is 1. The van der Waals surface area contributed by atoms with Crippen molar-refractivity contribution in [1.29, 1.82) is 0 Å². The van der Waals surface area contributed by atoms with Crippen LogP contribution in [0.3, 0.4) is 0 Å². The molecule has 0 aliphatic heterocycles. The molecule has 0 aliphatic carbocycles. The Hall–Kier alpha value is -1.74. The highest BCUT2D eigenvalue weighted by Crippen LogP contribution is 2.50. The lowest BCUT2D eigenvalue weighted by Crippen LogP contribution is -2.65. The van der Waals surface area contributed by atoms with Crippen LogP contribution >= 0.6 is 12.2 Å². The molecule has 0 aromatic heterocycles. The van der Waals surface area contributed by atoms with E-state index in [1.54, 1.807) is 30.3 Å². The summed E-state index contributed by atoms with van der Waals surface area (Å²) in [5.74, 6) is 0. The Labute approximate surface area is 136 Å². The van der Waals surface area contributed by atoms with Crippen LogP contribution in [-0.2, 0) is 0 Å². The fraction of sp³-hybridized carbons (Fsp3) is 0.500. The molecular weight excluding hydrogens is 333 g/mol. The summed E-state index contributed by atoms with van der Waals surface area (Å²) in [6, 6.07) is 5.94. The number of halogens is 3. The third-order valence-corrected chi connectivity index (χ3v) is 4.73. The second kappa shape index (κ2) is 6.40. The number of benzene rings is 1. The average molecular weight is 350 g/mol. The molecule has 2 N–H and O–H groups in total. The van der Waals surface area contributed by atoms with Gasteiger partial charge < -0.3 is 10.4 Å². The number of hydrogen-bond donors (Lipinski definition) is 2. The quantitative estimate of drug-likeness (QED) is 0.484. The zero-order valence-electron chi connectivity index (χ0n) is 12.7. The van der Waals surface area contributed by atoms with E-state index in [1.807, 2.05) is 0 Å². The van der Waals surface area contributed by atoms with Gasteiger partial charge in [0, 0.05) is 17.5 Å². The normalized spacial score (nSPS) is 18.4. The number of nitrogens with one attached hydrogen (secondary N) is 1. The molecule has 0 fully saturated rings. The second-order valence-corrected chi connectivity index (χ2v) is 5.96. The molecule has 0 bridgehead atoms. The third-order valence-electron chi connectivity index (χ3n) is 4.23. The number of para-hydroxylation sites is 1. The van der Waals surface area contributed by atoms with Gasteiger partial charge in [0.25, 0.3) is 0 Å². The monoisotopic (exact) mass is 350 g/mol. The van der Waals surface area contributed by atoms with Gasteiger partial charge in [-0.1, -0.05) is 30.4 Å². The molecule has 3 atom stereocenters. The van der Waals surface area contributed by atoms with Crippen molar-refractivity contribution in [1.82, 2.24) is 0 Å². The van der Waals surface area contributed by atoms with Crippen LogP contribution in [0.1, 0.15) is 20.8 Å². The van der Waals surface area contributed by atoms with E-state index in [1.165, 1.54) is 0 Å². The highest BCUT2D eigenvalue weighted by atomic mass is 32.1. The first-order chi connectivity index (χ1) is 10.4. The Bertz CT molecular complexity index is 593. The van der Waals surface area contributed by atoms with Crippen molar-refractivity contribution in [3.05, 3.63) is 40.4 Å². The lowest BCUT2D eigenvalue weighted by molar-refractivity contribution is -0.556. The van der Waals surface area contributed by atoms with E-state index in [9.17, 15) is 28.4 Å². The first kappa shape index (κ1) is 19.3. The molecule has 0 saturated carbocycles. The minimum absolute atomic E-state index is 0.371. The van der Waals surface area contributed by atoms with Gasteiger partial charge in [-0.2, -0.15) is 13.2 Å². The predicted octanol–water partition coefficient (Wildman–Crippen LogP) is 3.41. The minimum Gasteiger partial charge on any atom is -0.382 e. The molecule has 1 rings (SSSR count). The molecule has 0 radical (unpaired) electrons. The molecule has 23 heavy (non-hydrogen) atoms. The fourth-order valence-electron chi connectivity index (χ4n) is 2.14. The molecule has 5 nitrogen and oxygen atoms in total. The van der Waals surface area contributed by atoms with Gasteiger partial charge in [-0.15, -0.1) is 0 Å². The first-order valence-electron chi connectivity index (χ1n) is 6.64. The molecule has 1 aromatic rings. The zero-order chi connectivity index (χ0) is 18.1. The fourth-order valence-corrected chi connectivity index (χ4v) is 2.47. The molecule has 3 unspecified atom stereocenters. The summed E-state index contributed by atoms with van der Waals surface area (Å²) in [4.78, 5) is 9.33. The highest BCUT2D eigenvalue weighted by molar-refractivity contribution is 7.80. The maximum absolute atomic E-state index is 13.6. The number of thiocarbonyl (C=S) groups is 1. The standard InChI is InChI=1S/C14H17F3N2O3S/c1-9(19(21)22)12(2,14(15,16)17)13(3,20)11(23)18-10-7-5-4-6-8-10/h4-9,20H,1-3H3,(H,18,23). The van der Waals surface area contributed by atoms with E-state index in [-0.39, 0.29) is 0 Å². The molecule has 0 heterocycles. The van der Waals surface area contributed by atoms with Crippen LogP contribution in [0.25, 0.3) is 0 Å². The Morgan fingerprint density at radius 3 is 2.17 bits per heavy atom. The summed E-state index contributed by atoms with van der Waals surface area (Å²) in [5.41, 5.74) is -5.40. The number of alkyl halides is 3. The SMILES string of the molecule is CC([N+](=O)[O-])C(C)(C(F)(F)F)C(C)(O)C(=S)Nc1ccccc1. The molecular formula is C14H17F3N2O3S. The van der Waals surface area contributed by atoms with Crippen LogP contribution in [0.2, 0.25) is 0 Å². The lowest BCUT2D eigenvalue weighted by atomic mass is 9.68. The van der Waals surface area contributed by atoms with Gasteiger partial charge in [0.15, 0.2) is 5.41 Å². The average Bonchev–Trinajstić information content (AvgIpc) is 2.45. The molecule has 0 aliphatic rings. The Balaban J connectivity index is 3.28. The van der Waals surface area contributed by atoms with E-state index < -0.39 is 33.1 Å². The molecule has 0 saturated heterocycles. The van der Waals surface area contributed by atoms with Crippen LogP contribution in [0.4, 0.5) is 18.9 Å². The third kappa shape index (κ3) is 3.45. The van der Waals surface area contributed by atoms with Crippen LogP contribution in [-0.4, -0.2) is 32.8 Å². The van der Waals surface area contributed by atoms with Crippen molar-refractivity contribution in [3.63, 3.8) is 0 Å². The van der Waals surface area contributed by atoms with Gasteiger partial charge in [0.1, 0.15) is 10.6 Å². The largest absolute Gasteiger partial charge is 0.404 e. The Morgan fingerprint density at radius 1 is 1.30 bits per heavy atom. The van der Waals surface area contributed by atoms with Crippen LogP contribution in [0, 0.1) is 15.5 Å². The molecule has 9 heteroatoms. The first-order valence-corrected chi connectivity index (χ1v) is 7.05. The van der Waals surface area contributed by atoms with Crippen LogP contribution in [0.5, 0.6) is 0 Å². The van der Waals surface area contributed by atoms with Crippen molar-refractivity contribution in [2.24, 2.45) is 5.41 Å². The summed E-state index contributed by atoms with van der Waals surface area (Å²) in [7, 11) is 0. The number of aliphatic hydroxyl groups is 1. The van der Waals surface area contributed by atoms with E-state index >= 15 is 0 Å². The number of nitro groups is 1. The van der Waals surface area contributed by atoms with Crippen molar-refractivity contribution in [3.8, 4) is 0 Å². The van der Waals surface area contributed by atoms with Crippen molar-refractivity contribution in [2.75, 3.05) is 5.32 Å². The smallest absolute Gasteiger partial charge is 0.382 e. The van der Waals surface area contributed by atoms with E-state index in [0.717, 1.165) is 13.8 Å².